The minimum atomic E-state index is 0.238. The van der Waals surface area contributed by atoms with E-state index >= 15 is 0 Å². The van der Waals surface area contributed by atoms with Gasteiger partial charge in [0.05, 0.1) is 0 Å². The Kier molecular flexibility index (Phi) is 2.29. The Balaban J connectivity index is 2.55. The van der Waals surface area contributed by atoms with Crippen molar-refractivity contribution in [2.75, 3.05) is 0 Å². The van der Waals surface area contributed by atoms with Gasteiger partial charge in [0.2, 0.25) is 0 Å². The second kappa shape index (κ2) is 3.26. The molecule has 82 valence electrons. The number of benzene rings is 1. The van der Waals surface area contributed by atoms with Gasteiger partial charge in [0.25, 0.3) is 0 Å². The molecule has 0 aliphatic heterocycles. The maximum absolute atomic E-state index is 9.98. The topological polar surface area (TPSA) is 20.2 Å². The molecule has 1 aromatic rings. The lowest BCUT2D eigenvalue weighted by molar-refractivity contribution is 0.459. The molecule has 0 aromatic heterocycles. The SMILES string of the molecule is CC(C)c1cc2c(cc1O)C(C)(C)CC2. The summed E-state index contributed by atoms with van der Waals surface area (Å²) in [6.07, 6.45) is 2.35. The third-order valence-corrected chi connectivity index (χ3v) is 3.62. The van der Waals surface area contributed by atoms with E-state index in [4.69, 9.17) is 0 Å². The summed E-state index contributed by atoms with van der Waals surface area (Å²) in [5.41, 5.74) is 4.10. The van der Waals surface area contributed by atoms with E-state index in [9.17, 15) is 5.11 Å². The van der Waals surface area contributed by atoms with Crippen LogP contribution in [0.1, 0.15) is 56.7 Å². The smallest absolute Gasteiger partial charge is 0.119 e. The highest BCUT2D eigenvalue weighted by Crippen LogP contribution is 2.42. The molecule has 1 aliphatic rings. The largest absolute Gasteiger partial charge is 0.508 e. The Hall–Kier alpha value is -0.980. The summed E-state index contributed by atoms with van der Waals surface area (Å²) in [6, 6.07) is 4.18. The molecule has 0 fully saturated rings. The summed E-state index contributed by atoms with van der Waals surface area (Å²) in [7, 11) is 0. The van der Waals surface area contributed by atoms with Crippen molar-refractivity contribution in [3.8, 4) is 5.75 Å². The standard InChI is InChI=1S/C14H20O/c1-9(2)11-7-10-5-6-14(3,4)12(10)8-13(11)15/h7-9,15H,5-6H2,1-4H3. The third kappa shape index (κ3) is 1.64. The molecule has 0 saturated heterocycles. The molecule has 2 rings (SSSR count). The molecule has 1 N–H and O–H groups in total. The molecule has 1 aliphatic carbocycles. The number of phenolic OH excluding ortho intramolecular Hbond substituents is 1. The summed E-state index contributed by atoms with van der Waals surface area (Å²) in [6.45, 7) is 8.77. The van der Waals surface area contributed by atoms with Gasteiger partial charge in [0, 0.05) is 0 Å². The lowest BCUT2D eigenvalue weighted by Crippen LogP contribution is -2.11. The quantitative estimate of drug-likeness (QED) is 0.738. The lowest BCUT2D eigenvalue weighted by atomic mass is 9.85. The molecule has 1 heteroatoms. The summed E-state index contributed by atoms with van der Waals surface area (Å²) in [5, 5.41) is 9.98. The molecule has 0 spiro atoms. The fourth-order valence-electron chi connectivity index (χ4n) is 2.53. The van der Waals surface area contributed by atoms with Gasteiger partial charge in [-0.15, -0.1) is 0 Å². The Bertz CT molecular complexity index is 389. The van der Waals surface area contributed by atoms with Crippen molar-refractivity contribution in [3.63, 3.8) is 0 Å². The highest BCUT2D eigenvalue weighted by molar-refractivity contribution is 5.48. The second-order valence-corrected chi connectivity index (χ2v) is 5.61. The van der Waals surface area contributed by atoms with Crippen molar-refractivity contribution in [2.45, 2.75) is 51.9 Å². The van der Waals surface area contributed by atoms with Crippen LogP contribution in [0.4, 0.5) is 0 Å². The van der Waals surface area contributed by atoms with Crippen molar-refractivity contribution in [2.24, 2.45) is 0 Å². The van der Waals surface area contributed by atoms with Crippen LogP contribution in [0.2, 0.25) is 0 Å². The molecule has 0 unspecified atom stereocenters. The molecule has 1 nitrogen and oxygen atoms in total. The average molecular weight is 204 g/mol. The molecule has 0 saturated carbocycles. The Morgan fingerprint density at radius 1 is 1.27 bits per heavy atom. The maximum Gasteiger partial charge on any atom is 0.119 e. The number of rotatable bonds is 1. The van der Waals surface area contributed by atoms with Crippen LogP contribution < -0.4 is 0 Å². The number of aromatic hydroxyl groups is 1. The number of hydrogen-bond acceptors (Lipinski definition) is 1. The van der Waals surface area contributed by atoms with E-state index in [1.807, 2.05) is 6.07 Å². The highest BCUT2D eigenvalue weighted by Gasteiger charge is 2.30. The molecular weight excluding hydrogens is 184 g/mol. The van der Waals surface area contributed by atoms with Gasteiger partial charge < -0.3 is 5.11 Å². The van der Waals surface area contributed by atoms with Gasteiger partial charge in [-0.2, -0.15) is 0 Å². The Morgan fingerprint density at radius 2 is 1.93 bits per heavy atom. The summed E-state index contributed by atoms with van der Waals surface area (Å²) >= 11 is 0. The molecule has 0 radical (unpaired) electrons. The first-order valence-electron chi connectivity index (χ1n) is 5.78. The molecule has 0 amide bonds. The van der Waals surface area contributed by atoms with Crippen LogP contribution in [0.15, 0.2) is 12.1 Å². The van der Waals surface area contributed by atoms with E-state index in [1.54, 1.807) is 0 Å². The minimum absolute atomic E-state index is 0.238. The first kappa shape index (κ1) is 10.5. The average Bonchev–Trinajstić information content (AvgIpc) is 2.41. The van der Waals surface area contributed by atoms with Gasteiger partial charge in [0.15, 0.2) is 0 Å². The third-order valence-electron chi connectivity index (χ3n) is 3.62. The van der Waals surface area contributed by atoms with E-state index in [1.165, 1.54) is 17.5 Å². The second-order valence-electron chi connectivity index (χ2n) is 5.61. The van der Waals surface area contributed by atoms with E-state index in [-0.39, 0.29) is 5.41 Å². The van der Waals surface area contributed by atoms with Gasteiger partial charge in [-0.25, -0.2) is 0 Å². The fraction of sp³-hybridized carbons (Fsp3) is 0.571. The van der Waals surface area contributed by atoms with E-state index in [0.717, 1.165) is 12.0 Å². The molecular formula is C14H20O. The molecule has 0 heterocycles. The lowest BCUT2D eigenvalue weighted by Gasteiger charge is -2.20. The maximum atomic E-state index is 9.98. The summed E-state index contributed by atoms with van der Waals surface area (Å²) in [5.74, 6) is 0.873. The van der Waals surface area contributed by atoms with Gasteiger partial charge in [-0.05, 0) is 46.9 Å². The zero-order chi connectivity index (χ0) is 11.2. The van der Waals surface area contributed by atoms with Gasteiger partial charge in [0.1, 0.15) is 5.75 Å². The monoisotopic (exact) mass is 204 g/mol. The van der Waals surface area contributed by atoms with Crippen molar-refractivity contribution in [1.29, 1.82) is 0 Å². The van der Waals surface area contributed by atoms with Gasteiger partial charge in [-0.1, -0.05) is 33.8 Å². The van der Waals surface area contributed by atoms with E-state index in [2.05, 4.69) is 33.8 Å². The first-order chi connectivity index (χ1) is 6.92. The fourth-order valence-corrected chi connectivity index (χ4v) is 2.53. The van der Waals surface area contributed by atoms with Gasteiger partial charge in [-0.3, -0.25) is 0 Å². The Morgan fingerprint density at radius 3 is 2.53 bits per heavy atom. The predicted molar refractivity (Wildman–Crippen MR) is 63.5 cm³/mol. The number of phenols is 1. The van der Waals surface area contributed by atoms with Crippen molar-refractivity contribution in [3.05, 3.63) is 28.8 Å². The van der Waals surface area contributed by atoms with Crippen LogP contribution in [0.25, 0.3) is 0 Å². The molecule has 0 bridgehead atoms. The van der Waals surface area contributed by atoms with Crippen molar-refractivity contribution < 1.29 is 5.11 Å². The zero-order valence-corrected chi connectivity index (χ0v) is 10.1. The minimum Gasteiger partial charge on any atom is -0.508 e. The van der Waals surface area contributed by atoms with Crippen LogP contribution >= 0.6 is 0 Å². The van der Waals surface area contributed by atoms with Crippen LogP contribution in [0.5, 0.6) is 5.75 Å². The van der Waals surface area contributed by atoms with E-state index in [0.29, 0.717) is 11.7 Å². The number of hydrogen-bond donors (Lipinski definition) is 1. The van der Waals surface area contributed by atoms with Crippen LogP contribution in [0, 0.1) is 0 Å². The summed E-state index contributed by atoms with van der Waals surface area (Å²) < 4.78 is 0. The van der Waals surface area contributed by atoms with Crippen molar-refractivity contribution in [1.82, 2.24) is 0 Å². The van der Waals surface area contributed by atoms with Crippen LogP contribution in [0.3, 0.4) is 0 Å². The highest BCUT2D eigenvalue weighted by atomic mass is 16.3. The van der Waals surface area contributed by atoms with E-state index < -0.39 is 0 Å². The number of fused-ring (bicyclic) bond motifs is 1. The van der Waals surface area contributed by atoms with Crippen LogP contribution in [-0.2, 0) is 11.8 Å². The normalized spacial score (nSPS) is 18.2. The molecule has 0 atom stereocenters. The van der Waals surface area contributed by atoms with Gasteiger partial charge >= 0.3 is 0 Å². The zero-order valence-electron chi connectivity index (χ0n) is 10.1. The summed E-state index contributed by atoms with van der Waals surface area (Å²) in [4.78, 5) is 0. The Labute approximate surface area is 92.1 Å². The molecule has 15 heavy (non-hydrogen) atoms. The predicted octanol–water partition coefficient (Wildman–Crippen LogP) is 3.74. The number of aryl methyl sites for hydroxylation is 1. The molecule has 1 aromatic carbocycles. The van der Waals surface area contributed by atoms with Crippen molar-refractivity contribution >= 4 is 0 Å². The first-order valence-corrected chi connectivity index (χ1v) is 5.78. The van der Waals surface area contributed by atoms with Crippen LogP contribution in [-0.4, -0.2) is 5.11 Å².